The highest BCUT2D eigenvalue weighted by Crippen LogP contribution is 2.25. The zero-order valence-electron chi connectivity index (χ0n) is 9.44. The van der Waals surface area contributed by atoms with Gasteiger partial charge in [-0.05, 0) is 24.6 Å². The fourth-order valence-corrected chi connectivity index (χ4v) is 2.11. The summed E-state index contributed by atoms with van der Waals surface area (Å²) in [5, 5.41) is 0.463. The molecule has 92 valence electrons. The predicted molar refractivity (Wildman–Crippen MR) is 69.2 cm³/mol. The summed E-state index contributed by atoms with van der Waals surface area (Å²) in [4.78, 5) is 0. The molecule has 0 heterocycles. The highest BCUT2D eigenvalue weighted by atomic mass is 35.5. The Balaban J connectivity index is 2.58. The van der Waals surface area contributed by atoms with E-state index >= 15 is 0 Å². The van der Waals surface area contributed by atoms with Gasteiger partial charge in [-0.1, -0.05) is 23.6 Å². The largest absolute Gasteiger partial charge is 0.491 e. The normalized spacial score (nSPS) is 10.9. The number of halogens is 1. The van der Waals surface area contributed by atoms with Crippen LogP contribution in [0.15, 0.2) is 18.2 Å². The summed E-state index contributed by atoms with van der Waals surface area (Å²) in [6, 6.07) is 5.32. The van der Waals surface area contributed by atoms with Gasteiger partial charge in [0.25, 0.3) is 0 Å². The van der Waals surface area contributed by atoms with Crippen molar-refractivity contribution in [2.75, 3.05) is 18.1 Å². The third kappa shape index (κ3) is 4.68. The zero-order chi connectivity index (χ0) is 12.9. The Morgan fingerprint density at radius 1 is 1.47 bits per heavy atom. The van der Waals surface area contributed by atoms with E-state index in [9.17, 15) is 8.42 Å². The molecule has 17 heavy (non-hydrogen) atoms. The van der Waals surface area contributed by atoms with E-state index in [-0.39, 0.29) is 18.1 Å². The van der Waals surface area contributed by atoms with Crippen LogP contribution in [-0.4, -0.2) is 26.5 Å². The van der Waals surface area contributed by atoms with Crippen molar-refractivity contribution in [2.24, 2.45) is 0 Å². The van der Waals surface area contributed by atoms with Gasteiger partial charge in [0.1, 0.15) is 18.1 Å². The lowest BCUT2D eigenvalue weighted by molar-refractivity contribution is 0.341. The average molecular weight is 273 g/mol. The summed E-state index contributed by atoms with van der Waals surface area (Å²) < 4.78 is 28.0. The molecule has 0 aromatic heterocycles. The van der Waals surface area contributed by atoms with Gasteiger partial charge in [-0.3, -0.25) is 0 Å². The molecule has 0 saturated heterocycles. The van der Waals surface area contributed by atoms with Gasteiger partial charge in [0.05, 0.1) is 10.8 Å². The number of terminal acetylenes is 1. The number of sulfone groups is 1. The molecular weight excluding hydrogens is 260 g/mol. The standard InChI is InChI=1S/C12H13ClO3S/c1-3-7-17(14,15)8-6-16-12-9-10(2)4-5-11(12)13/h1,4-5,9H,6-8H2,2H3. The van der Waals surface area contributed by atoms with E-state index in [0.717, 1.165) is 5.56 Å². The molecule has 0 saturated carbocycles. The van der Waals surface area contributed by atoms with Crippen molar-refractivity contribution in [1.82, 2.24) is 0 Å². The van der Waals surface area contributed by atoms with Gasteiger partial charge in [-0.25, -0.2) is 8.42 Å². The fraction of sp³-hybridized carbons (Fsp3) is 0.333. The van der Waals surface area contributed by atoms with Crippen molar-refractivity contribution in [3.05, 3.63) is 28.8 Å². The van der Waals surface area contributed by atoms with E-state index < -0.39 is 9.84 Å². The number of hydrogen-bond acceptors (Lipinski definition) is 3. The van der Waals surface area contributed by atoms with Crippen LogP contribution in [0.1, 0.15) is 5.56 Å². The highest BCUT2D eigenvalue weighted by molar-refractivity contribution is 7.91. The summed E-state index contributed by atoms with van der Waals surface area (Å²) in [5.41, 5.74) is 0.996. The van der Waals surface area contributed by atoms with E-state index in [1.165, 1.54) is 0 Å². The molecule has 0 N–H and O–H groups in total. The summed E-state index contributed by atoms with van der Waals surface area (Å²) in [7, 11) is -3.23. The molecule has 3 nitrogen and oxygen atoms in total. The number of ether oxygens (including phenoxy) is 1. The molecule has 1 rings (SSSR count). The number of hydrogen-bond donors (Lipinski definition) is 0. The second-order valence-corrected chi connectivity index (χ2v) is 6.17. The maximum atomic E-state index is 11.3. The molecule has 0 bridgehead atoms. The van der Waals surface area contributed by atoms with Gasteiger partial charge in [0.2, 0.25) is 0 Å². The molecule has 0 radical (unpaired) electrons. The number of aryl methyl sites for hydroxylation is 1. The van der Waals surface area contributed by atoms with Crippen molar-refractivity contribution < 1.29 is 13.2 Å². The Morgan fingerprint density at radius 3 is 2.82 bits per heavy atom. The molecule has 0 aliphatic heterocycles. The Morgan fingerprint density at radius 2 is 2.18 bits per heavy atom. The van der Waals surface area contributed by atoms with Crippen LogP contribution in [0, 0.1) is 19.3 Å². The van der Waals surface area contributed by atoms with Crippen LogP contribution in [0.3, 0.4) is 0 Å². The van der Waals surface area contributed by atoms with E-state index in [0.29, 0.717) is 10.8 Å². The smallest absolute Gasteiger partial charge is 0.164 e. The molecule has 0 spiro atoms. The lowest BCUT2D eigenvalue weighted by Gasteiger charge is -2.08. The highest BCUT2D eigenvalue weighted by Gasteiger charge is 2.10. The molecule has 5 heteroatoms. The maximum absolute atomic E-state index is 11.3. The minimum absolute atomic E-state index is 0.0488. The van der Waals surface area contributed by atoms with E-state index in [1.54, 1.807) is 12.1 Å². The van der Waals surface area contributed by atoms with Crippen LogP contribution >= 0.6 is 11.6 Å². The third-order valence-electron chi connectivity index (χ3n) is 2.04. The molecule has 0 atom stereocenters. The van der Waals surface area contributed by atoms with E-state index in [1.807, 2.05) is 13.0 Å². The molecule has 1 aromatic carbocycles. The first-order valence-corrected chi connectivity index (χ1v) is 7.17. The van der Waals surface area contributed by atoms with Gasteiger partial charge in [-0.2, -0.15) is 0 Å². The summed E-state index contributed by atoms with van der Waals surface area (Å²) >= 11 is 5.90. The summed E-state index contributed by atoms with van der Waals surface area (Å²) in [6.45, 7) is 1.95. The first-order chi connectivity index (χ1) is 7.94. The van der Waals surface area contributed by atoms with Gasteiger partial charge in [-0.15, -0.1) is 6.42 Å². The summed E-state index contributed by atoms with van der Waals surface area (Å²) in [5.74, 6) is 2.22. The van der Waals surface area contributed by atoms with Gasteiger partial charge >= 0.3 is 0 Å². The van der Waals surface area contributed by atoms with Crippen LogP contribution < -0.4 is 4.74 Å². The van der Waals surface area contributed by atoms with Gasteiger partial charge < -0.3 is 4.74 Å². The number of rotatable bonds is 5. The van der Waals surface area contributed by atoms with Crippen LogP contribution in [-0.2, 0) is 9.84 Å². The Bertz CT molecular complexity index is 529. The molecule has 0 amide bonds. The monoisotopic (exact) mass is 272 g/mol. The molecule has 1 aromatic rings. The van der Waals surface area contributed by atoms with Crippen LogP contribution in [0.4, 0.5) is 0 Å². The van der Waals surface area contributed by atoms with Crippen molar-refractivity contribution in [2.45, 2.75) is 6.92 Å². The van der Waals surface area contributed by atoms with E-state index in [4.69, 9.17) is 22.8 Å². The minimum Gasteiger partial charge on any atom is -0.491 e. The van der Waals surface area contributed by atoms with Crippen molar-refractivity contribution >= 4 is 21.4 Å². The lowest BCUT2D eigenvalue weighted by atomic mass is 10.2. The second kappa shape index (κ2) is 5.95. The lowest BCUT2D eigenvalue weighted by Crippen LogP contribution is -2.16. The maximum Gasteiger partial charge on any atom is 0.164 e. The number of benzene rings is 1. The topological polar surface area (TPSA) is 43.4 Å². The second-order valence-electron chi connectivity index (χ2n) is 3.58. The summed E-state index contributed by atoms with van der Waals surface area (Å²) in [6.07, 6.45) is 4.95. The first-order valence-electron chi connectivity index (χ1n) is 4.97. The molecule has 0 unspecified atom stereocenters. The molecule has 0 aliphatic rings. The first kappa shape index (κ1) is 13.9. The van der Waals surface area contributed by atoms with Crippen molar-refractivity contribution in [3.63, 3.8) is 0 Å². The van der Waals surface area contributed by atoms with Crippen molar-refractivity contribution in [3.8, 4) is 18.1 Å². The van der Waals surface area contributed by atoms with Crippen LogP contribution in [0.2, 0.25) is 5.02 Å². The van der Waals surface area contributed by atoms with E-state index in [2.05, 4.69) is 5.92 Å². The van der Waals surface area contributed by atoms with Gasteiger partial charge in [0, 0.05) is 0 Å². The van der Waals surface area contributed by atoms with Crippen LogP contribution in [0.5, 0.6) is 5.75 Å². The minimum atomic E-state index is -3.23. The SMILES string of the molecule is C#CCS(=O)(=O)CCOc1cc(C)ccc1Cl. The third-order valence-corrected chi connectivity index (χ3v) is 3.75. The fourth-order valence-electron chi connectivity index (χ4n) is 1.20. The zero-order valence-corrected chi connectivity index (χ0v) is 11.0. The Labute approximate surface area is 107 Å². The molecule has 0 fully saturated rings. The Hall–Kier alpha value is -1.18. The quantitative estimate of drug-likeness (QED) is 0.771. The predicted octanol–water partition coefficient (Wildman–Crippen LogP) is 2.08. The van der Waals surface area contributed by atoms with Crippen LogP contribution in [0.25, 0.3) is 0 Å². The van der Waals surface area contributed by atoms with Crippen molar-refractivity contribution in [1.29, 1.82) is 0 Å². The average Bonchev–Trinajstić information content (AvgIpc) is 2.23. The molecular formula is C12H13ClO3S. The van der Waals surface area contributed by atoms with Gasteiger partial charge in [0.15, 0.2) is 9.84 Å². The Kier molecular flexibility index (Phi) is 4.86. The molecule has 0 aliphatic carbocycles.